The molecule has 88 valence electrons. The van der Waals surface area contributed by atoms with Gasteiger partial charge in [0.2, 0.25) is 0 Å². The molecule has 0 aromatic heterocycles. The van der Waals surface area contributed by atoms with Gasteiger partial charge >= 0.3 is 0 Å². The van der Waals surface area contributed by atoms with E-state index in [1.54, 1.807) is 0 Å². The molecule has 0 heterocycles. The van der Waals surface area contributed by atoms with E-state index < -0.39 is 0 Å². The molecule has 2 nitrogen and oxygen atoms in total. The molecular weight excluding hydrogens is 278 g/mol. The van der Waals surface area contributed by atoms with Gasteiger partial charge in [-0.2, -0.15) is 0 Å². The van der Waals surface area contributed by atoms with E-state index in [0.29, 0.717) is 6.54 Å². The highest BCUT2D eigenvalue weighted by molar-refractivity contribution is 9.10. The monoisotopic (exact) mass is 291 g/mol. The van der Waals surface area contributed by atoms with Crippen LogP contribution in [0.4, 0.5) is 0 Å². The Morgan fingerprint density at radius 1 is 1.06 bits per heavy atom. The van der Waals surface area contributed by atoms with E-state index in [-0.39, 0.29) is 0 Å². The second kappa shape index (κ2) is 5.34. The molecule has 0 aliphatic carbocycles. The second-order valence-electron chi connectivity index (χ2n) is 3.79. The van der Waals surface area contributed by atoms with Gasteiger partial charge in [-0.25, -0.2) is 0 Å². The van der Waals surface area contributed by atoms with Crippen LogP contribution in [0.5, 0.6) is 11.5 Å². The molecule has 17 heavy (non-hydrogen) atoms. The summed E-state index contributed by atoms with van der Waals surface area (Å²) in [6.07, 6.45) is 0. The number of benzene rings is 2. The zero-order valence-electron chi connectivity index (χ0n) is 9.61. The van der Waals surface area contributed by atoms with E-state index in [4.69, 9.17) is 10.5 Å². The van der Waals surface area contributed by atoms with Gasteiger partial charge in [-0.05, 0) is 30.7 Å². The molecule has 0 saturated heterocycles. The van der Waals surface area contributed by atoms with Crippen LogP contribution in [-0.2, 0) is 6.54 Å². The van der Waals surface area contributed by atoms with E-state index in [9.17, 15) is 0 Å². The lowest BCUT2D eigenvalue weighted by Crippen LogP contribution is -2.00. The third-order valence-corrected chi connectivity index (χ3v) is 3.34. The van der Waals surface area contributed by atoms with Gasteiger partial charge in [0.15, 0.2) is 0 Å². The van der Waals surface area contributed by atoms with Crippen LogP contribution in [0.1, 0.15) is 11.1 Å². The Kier molecular flexibility index (Phi) is 3.82. The Morgan fingerprint density at radius 3 is 2.47 bits per heavy atom. The van der Waals surface area contributed by atoms with Crippen molar-refractivity contribution in [2.75, 3.05) is 0 Å². The number of ether oxygens (including phenoxy) is 1. The van der Waals surface area contributed by atoms with Gasteiger partial charge in [-0.3, -0.25) is 0 Å². The van der Waals surface area contributed by atoms with E-state index in [2.05, 4.69) is 15.9 Å². The van der Waals surface area contributed by atoms with Crippen LogP contribution in [0.3, 0.4) is 0 Å². The van der Waals surface area contributed by atoms with Crippen LogP contribution < -0.4 is 10.5 Å². The SMILES string of the molecule is Cc1ccccc1Oc1cccc(Br)c1CN. The maximum atomic E-state index is 5.90. The van der Waals surface area contributed by atoms with Gasteiger partial charge < -0.3 is 10.5 Å². The van der Waals surface area contributed by atoms with Crippen molar-refractivity contribution in [1.82, 2.24) is 0 Å². The highest BCUT2D eigenvalue weighted by Gasteiger charge is 2.08. The van der Waals surface area contributed by atoms with Crippen molar-refractivity contribution in [3.05, 3.63) is 58.1 Å². The fourth-order valence-electron chi connectivity index (χ4n) is 1.62. The molecule has 2 N–H and O–H groups in total. The fourth-order valence-corrected chi connectivity index (χ4v) is 2.13. The summed E-state index contributed by atoms with van der Waals surface area (Å²) in [6, 6.07) is 13.8. The molecule has 0 radical (unpaired) electrons. The summed E-state index contributed by atoms with van der Waals surface area (Å²) in [5, 5.41) is 0. The standard InChI is InChI=1S/C14H14BrNO/c1-10-5-2-3-7-13(10)17-14-8-4-6-12(15)11(14)9-16/h2-8H,9,16H2,1H3. The van der Waals surface area contributed by atoms with Crippen LogP contribution in [0.15, 0.2) is 46.9 Å². The van der Waals surface area contributed by atoms with Crippen molar-refractivity contribution in [2.45, 2.75) is 13.5 Å². The molecule has 0 spiro atoms. The van der Waals surface area contributed by atoms with Gasteiger partial charge in [0.1, 0.15) is 11.5 Å². The van der Waals surface area contributed by atoms with E-state index in [1.165, 1.54) is 0 Å². The lowest BCUT2D eigenvalue weighted by atomic mass is 10.2. The minimum atomic E-state index is 0.447. The molecule has 0 saturated carbocycles. The first-order valence-corrected chi connectivity index (χ1v) is 6.22. The van der Waals surface area contributed by atoms with Gasteiger partial charge in [0.25, 0.3) is 0 Å². The molecule has 0 bridgehead atoms. The Labute approximate surface area is 110 Å². The highest BCUT2D eigenvalue weighted by atomic mass is 79.9. The lowest BCUT2D eigenvalue weighted by molar-refractivity contribution is 0.472. The number of halogens is 1. The first kappa shape index (κ1) is 12.1. The second-order valence-corrected chi connectivity index (χ2v) is 4.64. The van der Waals surface area contributed by atoms with Crippen LogP contribution in [0, 0.1) is 6.92 Å². The molecule has 0 unspecified atom stereocenters. The molecule has 0 fully saturated rings. The van der Waals surface area contributed by atoms with Crippen LogP contribution in [-0.4, -0.2) is 0 Å². The smallest absolute Gasteiger partial charge is 0.133 e. The Morgan fingerprint density at radius 2 is 1.76 bits per heavy atom. The minimum Gasteiger partial charge on any atom is -0.457 e. The topological polar surface area (TPSA) is 35.2 Å². The molecule has 3 heteroatoms. The fraction of sp³-hybridized carbons (Fsp3) is 0.143. The summed E-state index contributed by atoms with van der Waals surface area (Å²) in [6.45, 7) is 2.47. The molecule has 0 amide bonds. The van der Waals surface area contributed by atoms with Gasteiger partial charge in [-0.15, -0.1) is 0 Å². The summed E-state index contributed by atoms with van der Waals surface area (Å²) in [7, 11) is 0. The normalized spacial score (nSPS) is 10.3. The average molecular weight is 292 g/mol. The summed E-state index contributed by atoms with van der Waals surface area (Å²) < 4.78 is 6.88. The number of rotatable bonds is 3. The van der Waals surface area contributed by atoms with Gasteiger partial charge in [-0.1, -0.05) is 40.2 Å². The van der Waals surface area contributed by atoms with Crippen molar-refractivity contribution in [3.63, 3.8) is 0 Å². The predicted molar refractivity (Wildman–Crippen MR) is 73.3 cm³/mol. The minimum absolute atomic E-state index is 0.447. The average Bonchev–Trinajstić information content (AvgIpc) is 2.32. The number of nitrogens with two attached hydrogens (primary N) is 1. The summed E-state index contributed by atoms with van der Waals surface area (Å²) in [5.74, 6) is 1.66. The molecule has 0 aliphatic rings. The third-order valence-electron chi connectivity index (χ3n) is 2.59. The van der Waals surface area contributed by atoms with E-state index in [1.807, 2.05) is 49.4 Å². The summed E-state index contributed by atoms with van der Waals surface area (Å²) in [5.41, 5.74) is 7.82. The number of para-hydroxylation sites is 1. The first-order chi connectivity index (χ1) is 8.22. The third kappa shape index (κ3) is 2.68. The number of aryl methyl sites for hydroxylation is 1. The Bertz CT molecular complexity index is 525. The van der Waals surface area contributed by atoms with Crippen molar-refractivity contribution in [1.29, 1.82) is 0 Å². The highest BCUT2D eigenvalue weighted by Crippen LogP contribution is 2.31. The largest absolute Gasteiger partial charge is 0.457 e. The van der Waals surface area contributed by atoms with E-state index >= 15 is 0 Å². The number of hydrogen-bond donors (Lipinski definition) is 1. The molecule has 2 aromatic carbocycles. The molecule has 2 aromatic rings. The Balaban J connectivity index is 2.37. The number of hydrogen-bond acceptors (Lipinski definition) is 2. The van der Waals surface area contributed by atoms with Gasteiger partial charge in [0, 0.05) is 16.6 Å². The van der Waals surface area contributed by atoms with Crippen LogP contribution in [0.25, 0.3) is 0 Å². The summed E-state index contributed by atoms with van der Waals surface area (Å²) >= 11 is 3.48. The molecule has 2 rings (SSSR count). The van der Waals surface area contributed by atoms with Crippen molar-refractivity contribution in [3.8, 4) is 11.5 Å². The Hall–Kier alpha value is -1.32. The lowest BCUT2D eigenvalue weighted by Gasteiger charge is -2.12. The quantitative estimate of drug-likeness (QED) is 0.927. The molecular formula is C14H14BrNO. The summed E-state index contributed by atoms with van der Waals surface area (Å²) in [4.78, 5) is 0. The first-order valence-electron chi connectivity index (χ1n) is 5.43. The maximum Gasteiger partial charge on any atom is 0.133 e. The van der Waals surface area contributed by atoms with Crippen molar-refractivity contribution < 1.29 is 4.74 Å². The van der Waals surface area contributed by atoms with Crippen LogP contribution >= 0.6 is 15.9 Å². The van der Waals surface area contributed by atoms with Crippen molar-refractivity contribution in [2.24, 2.45) is 5.73 Å². The van der Waals surface area contributed by atoms with E-state index in [0.717, 1.165) is 27.1 Å². The molecule has 0 aliphatic heterocycles. The zero-order valence-corrected chi connectivity index (χ0v) is 11.2. The van der Waals surface area contributed by atoms with Crippen molar-refractivity contribution >= 4 is 15.9 Å². The predicted octanol–water partition coefficient (Wildman–Crippen LogP) is 4.01. The van der Waals surface area contributed by atoms with Gasteiger partial charge in [0.05, 0.1) is 0 Å². The molecule has 0 atom stereocenters. The van der Waals surface area contributed by atoms with Crippen LogP contribution in [0.2, 0.25) is 0 Å². The maximum absolute atomic E-state index is 5.90. The zero-order chi connectivity index (χ0) is 12.3.